The zero-order valence-electron chi connectivity index (χ0n) is 15.3. The second kappa shape index (κ2) is 7.87. The number of fused-ring (bicyclic) bond motifs is 1. The zero-order valence-corrected chi connectivity index (χ0v) is 15.3. The summed E-state index contributed by atoms with van der Waals surface area (Å²) in [6.45, 7) is 0.178. The van der Waals surface area contributed by atoms with Crippen LogP contribution < -0.4 is 10.6 Å². The van der Waals surface area contributed by atoms with Gasteiger partial charge in [-0.25, -0.2) is 9.37 Å². The molecule has 1 aromatic heterocycles. The molecule has 2 N–H and O–H groups in total. The van der Waals surface area contributed by atoms with Gasteiger partial charge < -0.3 is 15.2 Å². The van der Waals surface area contributed by atoms with Gasteiger partial charge in [0, 0.05) is 20.6 Å². The summed E-state index contributed by atoms with van der Waals surface area (Å²) in [7, 11) is 3.40. The Balaban J connectivity index is 1.68. The minimum Gasteiger partial charge on any atom is -0.352 e. The molecule has 0 unspecified atom stereocenters. The minimum atomic E-state index is -4.64. The third-order valence-electron chi connectivity index (χ3n) is 4.34. The fraction of sp³-hybridized carbons (Fsp3) is 0.263. The van der Waals surface area contributed by atoms with E-state index in [0.29, 0.717) is 18.6 Å². The number of imidazole rings is 1. The van der Waals surface area contributed by atoms with E-state index in [0.717, 1.165) is 29.0 Å². The fourth-order valence-corrected chi connectivity index (χ4v) is 2.88. The Hall–Kier alpha value is -3.10. The number of hydrogen-bond acceptors (Lipinski definition) is 2. The molecule has 1 heterocycles. The van der Waals surface area contributed by atoms with Gasteiger partial charge in [-0.1, -0.05) is 18.2 Å². The summed E-state index contributed by atoms with van der Waals surface area (Å²) in [5.41, 5.74) is 0.750. The zero-order chi connectivity index (χ0) is 20.3. The van der Waals surface area contributed by atoms with Gasteiger partial charge in [-0.3, -0.25) is 4.99 Å². The van der Waals surface area contributed by atoms with Gasteiger partial charge in [0.25, 0.3) is 0 Å². The molecule has 2 aromatic carbocycles. The van der Waals surface area contributed by atoms with Crippen molar-refractivity contribution in [3.05, 3.63) is 65.2 Å². The van der Waals surface area contributed by atoms with E-state index < -0.39 is 17.6 Å². The van der Waals surface area contributed by atoms with Crippen molar-refractivity contribution in [2.45, 2.75) is 19.3 Å². The highest BCUT2D eigenvalue weighted by Crippen LogP contribution is 2.32. The van der Waals surface area contributed by atoms with E-state index in [1.165, 1.54) is 7.05 Å². The Morgan fingerprint density at radius 1 is 1.11 bits per heavy atom. The average Bonchev–Trinajstić information content (AvgIpc) is 2.98. The van der Waals surface area contributed by atoms with Crippen molar-refractivity contribution in [2.24, 2.45) is 12.0 Å². The number of benzene rings is 2. The molecule has 3 rings (SSSR count). The van der Waals surface area contributed by atoms with Crippen LogP contribution in [-0.2, 0) is 26.3 Å². The van der Waals surface area contributed by atoms with Crippen LogP contribution in [0.25, 0.3) is 11.0 Å². The van der Waals surface area contributed by atoms with E-state index in [-0.39, 0.29) is 12.1 Å². The molecule has 0 atom stereocenters. The predicted molar refractivity (Wildman–Crippen MR) is 99.2 cm³/mol. The number of guanidine groups is 1. The van der Waals surface area contributed by atoms with Crippen LogP contribution in [0.4, 0.5) is 17.6 Å². The predicted octanol–water partition coefficient (Wildman–Crippen LogP) is 3.60. The molecule has 0 fully saturated rings. The maximum Gasteiger partial charge on any atom is 0.416 e. The molecule has 0 amide bonds. The summed E-state index contributed by atoms with van der Waals surface area (Å²) in [6, 6.07) is 10.3. The number of rotatable bonds is 4. The number of aromatic nitrogens is 2. The maximum absolute atomic E-state index is 13.2. The number of aryl methyl sites for hydroxylation is 1. The quantitative estimate of drug-likeness (QED) is 0.405. The van der Waals surface area contributed by atoms with Crippen LogP contribution in [0, 0.1) is 5.82 Å². The number of hydrogen-bond donors (Lipinski definition) is 2. The van der Waals surface area contributed by atoms with E-state index >= 15 is 0 Å². The van der Waals surface area contributed by atoms with Crippen molar-refractivity contribution in [3.63, 3.8) is 0 Å². The Kier molecular flexibility index (Phi) is 5.53. The van der Waals surface area contributed by atoms with Crippen LogP contribution in [-0.4, -0.2) is 22.6 Å². The van der Waals surface area contributed by atoms with Crippen molar-refractivity contribution < 1.29 is 17.6 Å². The topological polar surface area (TPSA) is 54.2 Å². The van der Waals surface area contributed by atoms with Gasteiger partial charge in [0.1, 0.15) is 11.6 Å². The van der Waals surface area contributed by atoms with Crippen LogP contribution >= 0.6 is 0 Å². The number of aliphatic imine (C=N–C) groups is 1. The molecular formula is C19H19F4N5. The third-order valence-corrected chi connectivity index (χ3v) is 4.34. The lowest BCUT2D eigenvalue weighted by molar-refractivity contribution is -0.138. The highest BCUT2D eigenvalue weighted by Gasteiger charge is 2.33. The second-order valence-electron chi connectivity index (χ2n) is 6.15. The molecule has 0 radical (unpaired) electrons. The van der Waals surface area contributed by atoms with Crippen molar-refractivity contribution >= 4 is 17.0 Å². The van der Waals surface area contributed by atoms with E-state index in [4.69, 9.17) is 0 Å². The number of halogens is 4. The Labute approximate surface area is 159 Å². The summed E-state index contributed by atoms with van der Waals surface area (Å²) >= 11 is 0. The molecule has 0 aliphatic heterocycles. The summed E-state index contributed by atoms with van der Waals surface area (Å²) < 4.78 is 54.4. The second-order valence-corrected chi connectivity index (χ2v) is 6.15. The molecule has 0 aliphatic rings. The van der Waals surface area contributed by atoms with Gasteiger partial charge in [-0.15, -0.1) is 0 Å². The maximum atomic E-state index is 13.2. The van der Waals surface area contributed by atoms with Crippen LogP contribution in [0.1, 0.15) is 17.0 Å². The fourth-order valence-electron chi connectivity index (χ4n) is 2.88. The Morgan fingerprint density at radius 2 is 1.82 bits per heavy atom. The monoisotopic (exact) mass is 393 g/mol. The first-order valence-electron chi connectivity index (χ1n) is 8.50. The number of alkyl halides is 3. The summed E-state index contributed by atoms with van der Waals surface area (Å²) in [5.74, 6) is 0.131. The minimum absolute atomic E-state index is 0.0698. The van der Waals surface area contributed by atoms with Crippen LogP contribution in [0.5, 0.6) is 0 Å². The molecular weight excluding hydrogens is 374 g/mol. The highest BCUT2D eigenvalue weighted by molar-refractivity contribution is 5.80. The van der Waals surface area contributed by atoms with Crippen LogP contribution in [0.15, 0.2) is 47.5 Å². The Bertz CT molecular complexity index is 1010. The smallest absolute Gasteiger partial charge is 0.352 e. The number of nitrogens with one attached hydrogen (secondary N) is 2. The lowest BCUT2D eigenvalue weighted by Gasteiger charge is -2.16. The molecule has 0 bridgehead atoms. The van der Waals surface area contributed by atoms with Crippen molar-refractivity contribution in [3.8, 4) is 0 Å². The van der Waals surface area contributed by atoms with Crippen LogP contribution in [0.3, 0.4) is 0 Å². The van der Waals surface area contributed by atoms with E-state index in [2.05, 4.69) is 20.6 Å². The molecule has 0 saturated heterocycles. The first-order valence-corrected chi connectivity index (χ1v) is 8.50. The average molecular weight is 393 g/mol. The summed E-state index contributed by atoms with van der Waals surface area (Å²) in [6.07, 6.45) is -4.64. The molecule has 0 saturated carbocycles. The first-order chi connectivity index (χ1) is 13.3. The van der Waals surface area contributed by atoms with Gasteiger partial charge >= 0.3 is 6.18 Å². The normalized spacial score (nSPS) is 12.4. The largest absolute Gasteiger partial charge is 0.416 e. The summed E-state index contributed by atoms with van der Waals surface area (Å²) in [5, 5.41) is 5.85. The van der Waals surface area contributed by atoms with Crippen molar-refractivity contribution in [1.29, 1.82) is 0 Å². The van der Waals surface area contributed by atoms with E-state index in [1.54, 1.807) is 0 Å². The van der Waals surface area contributed by atoms with Gasteiger partial charge in [-0.2, -0.15) is 13.2 Å². The van der Waals surface area contributed by atoms with Gasteiger partial charge in [0.15, 0.2) is 5.96 Å². The Morgan fingerprint density at radius 3 is 2.50 bits per heavy atom. The first kappa shape index (κ1) is 19.7. The lowest BCUT2D eigenvalue weighted by Crippen LogP contribution is -2.37. The van der Waals surface area contributed by atoms with Gasteiger partial charge in [0.05, 0.1) is 23.1 Å². The SMILES string of the molecule is CN=C(NCc1ccc(F)cc1C(F)(F)F)NCc1nc2ccccc2n1C. The van der Waals surface area contributed by atoms with E-state index in [9.17, 15) is 17.6 Å². The molecule has 148 valence electrons. The van der Waals surface area contributed by atoms with Gasteiger partial charge in [-0.05, 0) is 29.8 Å². The molecule has 5 nitrogen and oxygen atoms in total. The van der Waals surface area contributed by atoms with Gasteiger partial charge in [0.2, 0.25) is 0 Å². The standard InChI is InChI=1S/C19H19F4N5/c1-24-18(25-10-12-7-8-13(20)9-14(12)19(21,22)23)26-11-17-27-15-5-3-4-6-16(15)28(17)2/h3-9H,10-11H2,1-2H3,(H2,24,25,26). The lowest BCUT2D eigenvalue weighted by atomic mass is 10.1. The van der Waals surface area contributed by atoms with Crippen molar-refractivity contribution in [2.75, 3.05) is 7.05 Å². The molecule has 3 aromatic rings. The van der Waals surface area contributed by atoms with Crippen molar-refractivity contribution in [1.82, 2.24) is 20.2 Å². The molecule has 28 heavy (non-hydrogen) atoms. The highest BCUT2D eigenvalue weighted by atomic mass is 19.4. The number of para-hydroxylation sites is 2. The molecule has 0 aliphatic carbocycles. The van der Waals surface area contributed by atoms with E-state index in [1.807, 2.05) is 35.9 Å². The molecule has 0 spiro atoms. The third kappa shape index (κ3) is 4.24. The summed E-state index contributed by atoms with van der Waals surface area (Å²) in [4.78, 5) is 8.53. The molecule has 9 heteroatoms. The van der Waals surface area contributed by atoms with Crippen LogP contribution in [0.2, 0.25) is 0 Å². The number of nitrogens with zero attached hydrogens (tertiary/aromatic N) is 3.